The minimum atomic E-state index is -0.365. The molecule has 1 heterocycles. The topological polar surface area (TPSA) is 44.1 Å². The molecule has 0 bridgehead atoms. The van der Waals surface area contributed by atoms with Crippen LogP contribution in [-0.4, -0.2) is 23.5 Å². The van der Waals surface area contributed by atoms with Crippen LogP contribution in [0.4, 0.5) is 0 Å². The standard InChI is InChI=1S/C8H10Cl2N2O2/c1-14-4-2-3-12-8(13)7(10)6(9)5-11-12/h5H,2-4H2,1H3. The molecule has 0 saturated heterocycles. The summed E-state index contributed by atoms with van der Waals surface area (Å²) in [6.45, 7) is 1.05. The van der Waals surface area contributed by atoms with Gasteiger partial charge in [0, 0.05) is 20.3 Å². The second-order valence-corrected chi connectivity index (χ2v) is 3.47. The lowest BCUT2D eigenvalue weighted by Crippen LogP contribution is -2.23. The van der Waals surface area contributed by atoms with Gasteiger partial charge in [0.05, 0.1) is 11.2 Å². The van der Waals surface area contributed by atoms with Gasteiger partial charge in [-0.1, -0.05) is 23.2 Å². The smallest absolute Gasteiger partial charge is 0.287 e. The van der Waals surface area contributed by atoms with Crippen molar-refractivity contribution >= 4 is 23.2 Å². The van der Waals surface area contributed by atoms with Crippen molar-refractivity contribution in [2.24, 2.45) is 0 Å². The van der Waals surface area contributed by atoms with E-state index in [1.54, 1.807) is 7.11 Å². The zero-order chi connectivity index (χ0) is 10.6. The highest BCUT2D eigenvalue weighted by Crippen LogP contribution is 2.14. The molecule has 0 aliphatic heterocycles. The molecule has 0 fully saturated rings. The first-order valence-corrected chi connectivity index (χ1v) is 4.82. The summed E-state index contributed by atoms with van der Waals surface area (Å²) >= 11 is 11.3. The number of rotatable bonds is 4. The summed E-state index contributed by atoms with van der Waals surface area (Å²) in [6, 6.07) is 0. The molecule has 0 amide bonds. The van der Waals surface area contributed by atoms with E-state index in [0.717, 1.165) is 0 Å². The zero-order valence-corrected chi connectivity index (χ0v) is 9.18. The molecule has 0 aromatic carbocycles. The summed E-state index contributed by atoms with van der Waals surface area (Å²) in [6.07, 6.45) is 2.07. The Hall–Kier alpha value is -0.580. The van der Waals surface area contributed by atoms with Gasteiger partial charge in [-0.2, -0.15) is 5.10 Å². The van der Waals surface area contributed by atoms with Crippen molar-refractivity contribution in [2.75, 3.05) is 13.7 Å². The Morgan fingerprint density at radius 1 is 1.57 bits per heavy atom. The molecule has 0 N–H and O–H groups in total. The Bertz CT molecular complexity index is 365. The summed E-state index contributed by atoms with van der Waals surface area (Å²) in [4.78, 5) is 11.4. The molecular weight excluding hydrogens is 227 g/mol. The van der Waals surface area contributed by atoms with E-state index in [1.165, 1.54) is 10.9 Å². The van der Waals surface area contributed by atoms with Crippen LogP contribution in [0, 0.1) is 0 Å². The van der Waals surface area contributed by atoms with Gasteiger partial charge >= 0.3 is 0 Å². The van der Waals surface area contributed by atoms with Crippen molar-refractivity contribution in [1.82, 2.24) is 9.78 Å². The Labute approximate surface area is 91.4 Å². The van der Waals surface area contributed by atoms with E-state index in [9.17, 15) is 4.79 Å². The quantitative estimate of drug-likeness (QED) is 0.747. The number of nitrogens with zero attached hydrogens (tertiary/aromatic N) is 2. The zero-order valence-electron chi connectivity index (χ0n) is 7.67. The van der Waals surface area contributed by atoms with Crippen LogP contribution in [0.3, 0.4) is 0 Å². The maximum absolute atomic E-state index is 11.4. The molecule has 1 aromatic heterocycles. The summed E-state index contributed by atoms with van der Waals surface area (Å²) in [5, 5.41) is 4.04. The predicted molar refractivity (Wildman–Crippen MR) is 55.0 cm³/mol. The summed E-state index contributed by atoms with van der Waals surface area (Å²) in [5.41, 5.74) is -0.365. The molecule has 1 rings (SSSR count). The fraction of sp³-hybridized carbons (Fsp3) is 0.500. The van der Waals surface area contributed by atoms with Gasteiger partial charge in [0.15, 0.2) is 0 Å². The van der Waals surface area contributed by atoms with Gasteiger partial charge < -0.3 is 4.74 Å². The van der Waals surface area contributed by atoms with Crippen LogP contribution in [0.2, 0.25) is 10.0 Å². The monoisotopic (exact) mass is 236 g/mol. The highest BCUT2D eigenvalue weighted by molar-refractivity contribution is 6.41. The SMILES string of the molecule is COCCCn1ncc(Cl)c(Cl)c1=O. The number of halogens is 2. The molecule has 14 heavy (non-hydrogen) atoms. The third kappa shape index (κ3) is 2.70. The van der Waals surface area contributed by atoms with Crippen molar-refractivity contribution in [1.29, 1.82) is 0 Å². The van der Waals surface area contributed by atoms with Gasteiger partial charge in [-0.3, -0.25) is 4.79 Å². The average molecular weight is 237 g/mol. The lowest BCUT2D eigenvalue weighted by molar-refractivity contribution is 0.188. The van der Waals surface area contributed by atoms with Gasteiger partial charge in [-0.05, 0) is 6.42 Å². The first-order valence-electron chi connectivity index (χ1n) is 4.07. The summed E-state index contributed by atoms with van der Waals surface area (Å²) in [5.74, 6) is 0. The fourth-order valence-electron chi connectivity index (χ4n) is 0.963. The molecule has 0 aliphatic carbocycles. The van der Waals surface area contributed by atoms with Crippen LogP contribution < -0.4 is 5.56 Å². The van der Waals surface area contributed by atoms with Crippen LogP contribution in [0.1, 0.15) is 6.42 Å². The van der Waals surface area contributed by atoms with Crippen LogP contribution >= 0.6 is 23.2 Å². The maximum Gasteiger partial charge on any atom is 0.287 e. The molecule has 0 saturated carbocycles. The Morgan fingerprint density at radius 2 is 2.29 bits per heavy atom. The molecule has 4 nitrogen and oxygen atoms in total. The normalized spacial score (nSPS) is 10.5. The number of methoxy groups -OCH3 is 1. The van der Waals surface area contributed by atoms with E-state index in [1.807, 2.05) is 0 Å². The first-order chi connectivity index (χ1) is 6.66. The summed E-state index contributed by atoms with van der Waals surface area (Å²) in [7, 11) is 1.60. The van der Waals surface area contributed by atoms with Crippen molar-refractivity contribution in [3.63, 3.8) is 0 Å². The molecule has 0 spiro atoms. The molecular formula is C8H10Cl2N2O2. The molecule has 0 radical (unpaired) electrons. The van der Waals surface area contributed by atoms with E-state index < -0.39 is 0 Å². The number of aromatic nitrogens is 2. The van der Waals surface area contributed by atoms with Crippen molar-refractivity contribution < 1.29 is 4.74 Å². The predicted octanol–water partition coefficient (Wildman–Crippen LogP) is 1.59. The van der Waals surface area contributed by atoms with Gasteiger partial charge in [0.1, 0.15) is 5.02 Å². The van der Waals surface area contributed by atoms with Crippen molar-refractivity contribution in [2.45, 2.75) is 13.0 Å². The second kappa shape index (κ2) is 5.34. The van der Waals surface area contributed by atoms with Crippen LogP contribution in [0.15, 0.2) is 11.0 Å². The van der Waals surface area contributed by atoms with E-state index in [0.29, 0.717) is 19.6 Å². The molecule has 0 aliphatic rings. The van der Waals surface area contributed by atoms with E-state index in [2.05, 4.69) is 5.10 Å². The molecule has 1 aromatic rings. The van der Waals surface area contributed by atoms with E-state index in [-0.39, 0.29) is 15.6 Å². The highest BCUT2D eigenvalue weighted by atomic mass is 35.5. The first kappa shape index (κ1) is 11.5. The fourth-order valence-corrected chi connectivity index (χ4v) is 1.23. The average Bonchev–Trinajstić information content (AvgIpc) is 2.18. The third-order valence-corrected chi connectivity index (χ3v) is 2.41. The van der Waals surface area contributed by atoms with E-state index >= 15 is 0 Å². The molecule has 6 heteroatoms. The molecule has 0 atom stereocenters. The van der Waals surface area contributed by atoms with Crippen molar-refractivity contribution in [3.05, 3.63) is 26.6 Å². The summed E-state index contributed by atoms with van der Waals surface area (Å²) < 4.78 is 6.13. The van der Waals surface area contributed by atoms with Crippen molar-refractivity contribution in [3.8, 4) is 0 Å². The number of hydrogen-bond donors (Lipinski definition) is 0. The van der Waals surface area contributed by atoms with E-state index in [4.69, 9.17) is 27.9 Å². The lowest BCUT2D eigenvalue weighted by Gasteiger charge is -2.04. The number of aryl methyl sites for hydroxylation is 1. The van der Waals surface area contributed by atoms with Gasteiger partial charge in [0.2, 0.25) is 0 Å². The minimum Gasteiger partial charge on any atom is -0.385 e. The lowest BCUT2D eigenvalue weighted by atomic mass is 10.4. The number of ether oxygens (including phenoxy) is 1. The highest BCUT2D eigenvalue weighted by Gasteiger charge is 2.06. The third-order valence-electron chi connectivity index (χ3n) is 1.66. The van der Waals surface area contributed by atoms with Crippen LogP contribution in [0.5, 0.6) is 0 Å². The minimum absolute atomic E-state index is 0.0130. The van der Waals surface area contributed by atoms with Gasteiger partial charge in [0.25, 0.3) is 5.56 Å². The Morgan fingerprint density at radius 3 is 2.93 bits per heavy atom. The van der Waals surface area contributed by atoms with Gasteiger partial charge in [-0.25, -0.2) is 4.68 Å². The Balaban J connectivity index is 2.79. The molecule has 0 unspecified atom stereocenters. The molecule has 78 valence electrons. The van der Waals surface area contributed by atoms with Gasteiger partial charge in [-0.15, -0.1) is 0 Å². The van der Waals surface area contributed by atoms with Crippen LogP contribution in [0.25, 0.3) is 0 Å². The Kier molecular flexibility index (Phi) is 4.38. The largest absolute Gasteiger partial charge is 0.385 e. The second-order valence-electron chi connectivity index (χ2n) is 2.68. The van der Waals surface area contributed by atoms with Crippen LogP contribution in [-0.2, 0) is 11.3 Å². The maximum atomic E-state index is 11.4. The number of hydrogen-bond acceptors (Lipinski definition) is 3.